The van der Waals surface area contributed by atoms with Crippen molar-refractivity contribution in [2.75, 3.05) is 13.7 Å². The number of unbranched alkanes of at least 4 members (excludes halogenated alkanes) is 1. The molecule has 0 bridgehead atoms. The van der Waals surface area contributed by atoms with Crippen molar-refractivity contribution in [1.29, 1.82) is 0 Å². The van der Waals surface area contributed by atoms with Gasteiger partial charge in [-0.05, 0) is 58.8 Å². The van der Waals surface area contributed by atoms with Gasteiger partial charge in [-0.3, -0.25) is 0 Å². The van der Waals surface area contributed by atoms with Crippen LogP contribution in [0.4, 0.5) is 4.79 Å². The fourth-order valence-corrected chi connectivity index (χ4v) is 2.85. The molecule has 0 heterocycles. The molecule has 0 aromatic heterocycles. The van der Waals surface area contributed by atoms with Gasteiger partial charge in [0.25, 0.3) is 0 Å². The van der Waals surface area contributed by atoms with E-state index in [2.05, 4.69) is 0 Å². The summed E-state index contributed by atoms with van der Waals surface area (Å²) in [6.45, 7) is 6.00. The maximum Gasteiger partial charge on any atom is 0.410 e. The maximum atomic E-state index is 12.0. The first-order chi connectivity index (χ1) is 9.33. The average molecular weight is 285 g/mol. The van der Waals surface area contributed by atoms with Crippen LogP contribution in [-0.2, 0) is 4.74 Å². The largest absolute Gasteiger partial charge is 0.444 e. The predicted octanol–water partition coefficient (Wildman–Crippen LogP) is 3.57. The van der Waals surface area contributed by atoms with Crippen LogP contribution in [-0.4, -0.2) is 41.4 Å². The molecule has 4 nitrogen and oxygen atoms in total. The fourth-order valence-electron chi connectivity index (χ4n) is 2.85. The highest BCUT2D eigenvalue weighted by molar-refractivity contribution is 5.68. The molecule has 0 aromatic rings. The van der Waals surface area contributed by atoms with E-state index in [0.717, 1.165) is 31.6 Å². The molecule has 1 saturated carbocycles. The minimum atomic E-state index is -0.424. The van der Waals surface area contributed by atoms with Gasteiger partial charge in [0.05, 0.1) is 0 Å². The van der Waals surface area contributed by atoms with Crippen LogP contribution in [0.25, 0.3) is 0 Å². The van der Waals surface area contributed by atoms with Crippen LogP contribution in [0.2, 0.25) is 0 Å². The summed E-state index contributed by atoms with van der Waals surface area (Å²) in [5.74, 6) is 0.768. The Morgan fingerprint density at radius 1 is 1.20 bits per heavy atom. The minimum absolute atomic E-state index is 0.207. The van der Waals surface area contributed by atoms with Gasteiger partial charge in [0, 0.05) is 19.7 Å². The van der Waals surface area contributed by atoms with Crippen LogP contribution < -0.4 is 0 Å². The molecule has 1 fully saturated rings. The van der Waals surface area contributed by atoms with Gasteiger partial charge < -0.3 is 14.7 Å². The topological polar surface area (TPSA) is 49.8 Å². The Morgan fingerprint density at radius 3 is 2.30 bits per heavy atom. The Balaban J connectivity index is 2.31. The summed E-state index contributed by atoms with van der Waals surface area (Å²) in [4.78, 5) is 13.8. The molecule has 0 aliphatic heterocycles. The lowest BCUT2D eigenvalue weighted by molar-refractivity contribution is 0.0170. The van der Waals surface area contributed by atoms with Gasteiger partial charge in [-0.25, -0.2) is 4.79 Å². The zero-order valence-corrected chi connectivity index (χ0v) is 13.5. The summed E-state index contributed by atoms with van der Waals surface area (Å²) in [6, 6.07) is 0.318. The molecule has 1 amide bonds. The smallest absolute Gasteiger partial charge is 0.410 e. The van der Waals surface area contributed by atoms with E-state index in [4.69, 9.17) is 9.84 Å². The third-order valence-electron chi connectivity index (χ3n) is 4.07. The van der Waals surface area contributed by atoms with Crippen molar-refractivity contribution in [1.82, 2.24) is 4.90 Å². The summed E-state index contributed by atoms with van der Waals surface area (Å²) < 4.78 is 5.42. The van der Waals surface area contributed by atoms with E-state index in [0.29, 0.717) is 12.6 Å². The minimum Gasteiger partial charge on any atom is -0.444 e. The first-order valence-electron chi connectivity index (χ1n) is 7.90. The molecule has 1 rings (SSSR count). The number of hydrogen-bond acceptors (Lipinski definition) is 3. The lowest BCUT2D eigenvalue weighted by Crippen LogP contribution is -2.42. The van der Waals surface area contributed by atoms with Gasteiger partial charge in [-0.2, -0.15) is 0 Å². The van der Waals surface area contributed by atoms with Gasteiger partial charge >= 0.3 is 6.09 Å². The Bertz CT molecular complexity index is 291. The highest BCUT2D eigenvalue weighted by Gasteiger charge is 2.28. The van der Waals surface area contributed by atoms with Crippen molar-refractivity contribution in [2.24, 2.45) is 5.92 Å². The Morgan fingerprint density at radius 2 is 1.80 bits per heavy atom. The Labute approximate surface area is 123 Å². The molecule has 20 heavy (non-hydrogen) atoms. The molecule has 0 aromatic carbocycles. The highest BCUT2D eigenvalue weighted by atomic mass is 16.6. The molecule has 0 radical (unpaired) electrons. The standard InChI is InChI=1S/C16H31NO3/c1-16(2,3)20-15(19)17(4)14-10-8-13(9-11-14)7-5-6-12-18/h13-14,18H,5-12H2,1-4H3. The molecule has 1 N–H and O–H groups in total. The third kappa shape index (κ3) is 6.12. The molecule has 1 aliphatic rings. The number of carbonyl (C=O) groups excluding carboxylic acids is 1. The van der Waals surface area contributed by atoms with Crippen molar-refractivity contribution in [3.63, 3.8) is 0 Å². The van der Waals surface area contributed by atoms with E-state index < -0.39 is 5.60 Å². The molecular weight excluding hydrogens is 254 g/mol. The first kappa shape index (κ1) is 17.3. The highest BCUT2D eigenvalue weighted by Crippen LogP contribution is 2.30. The van der Waals surface area contributed by atoms with Gasteiger partial charge in [0.15, 0.2) is 0 Å². The molecule has 1 aliphatic carbocycles. The van der Waals surface area contributed by atoms with E-state index in [9.17, 15) is 4.79 Å². The van der Waals surface area contributed by atoms with Crippen LogP contribution >= 0.6 is 0 Å². The van der Waals surface area contributed by atoms with Gasteiger partial charge in [-0.1, -0.05) is 12.8 Å². The summed E-state index contributed by atoms with van der Waals surface area (Å²) in [5, 5.41) is 8.81. The lowest BCUT2D eigenvalue weighted by Gasteiger charge is -2.35. The normalized spacial score (nSPS) is 23.4. The summed E-state index contributed by atoms with van der Waals surface area (Å²) in [5.41, 5.74) is -0.424. The van der Waals surface area contributed by atoms with Gasteiger partial charge in [0.2, 0.25) is 0 Å². The number of nitrogens with zero attached hydrogens (tertiary/aromatic N) is 1. The van der Waals surface area contributed by atoms with Gasteiger partial charge in [-0.15, -0.1) is 0 Å². The number of hydrogen-bond donors (Lipinski definition) is 1. The van der Waals surface area contributed by atoms with Crippen LogP contribution in [0.5, 0.6) is 0 Å². The molecule has 0 unspecified atom stereocenters. The quantitative estimate of drug-likeness (QED) is 0.786. The van der Waals surface area contributed by atoms with Crippen molar-refractivity contribution >= 4 is 6.09 Å². The van der Waals surface area contributed by atoms with Crippen molar-refractivity contribution < 1.29 is 14.6 Å². The average Bonchev–Trinajstić information content (AvgIpc) is 2.37. The Hall–Kier alpha value is -0.770. The van der Waals surface area contributed by atoms with Crippen molar-refractivity contribution in [2.45, 2.75) is 77.4 Å². The molecular formula is C16H31NO3. The first-order valence-corrected chi connectivity index (χ1v) is 7.90. The second-order valence-electron chi connectivity index (χ2n) is 6.99. The second kappa shape index (κ2) is 7.87. The third-order valence-corrected chi connectivity index (χ3v) is 4.07. The second-order valence-corrected chi connectivity index (χ2v) is 6.99. The van der Waals surface area contributed by atoms with Crippen molar-refractivity contribution in [3.05, 3.63) is 0 Å². The van der Waals surface area contributed by atoms with Gasteiger partial charge in [0.1, 0.15) is 5.60 Å². The van der Waals surface area contributed by atoms with Crippen LogP contribution in [0.15, 0.2) is 0 Å². The van der Waals surface area contributed by atoms with Crippen LogP contribution in [0, 0.1) is 5.92 Å². The van der Waals surface area contributed by atoms with E-state index in [1.807, 2.05) is 27.8 Å². The zero-order chi connectivity index (χ0) is 15.2. The maximum absolute atomic E-state index is 12.0. The number of rotatable bonds is 5. The number of carbonyl (C=O) groups is 1. The zero-order valence-electron chi connectivity index (χ0n) is 13.5. The van der Waals surface area contributed by atoms with Crippen LogP contribution in [0.1, 0.15) is 65.7 Å². The number of amides is 1. The van der Waals surface area contributed by atoms with Crippen LogP contribution in [0.3, 0.4) is 0 Å². The molecule has 0 atom stereocenters. The lowest BCUT2D eigenvalue weighted by atomic mass is 9.83. The fraction of sp³-hybridized carbons (Fsp3) is 0.938. The number of ether oxygens (including phenoxy) is 1. The molecule has 4 heteroatoms. The summed E-state index contributed by atoms with van der Waals surface area (Å²) in [6.07, 6.45) is 7.54. The number of aliphatic hydroxyl groups excluding tert-OH is 1. The summed E-state index contributed by atoms with van der Waals surface area (Å²) >= 11 is 0. The van der Waals surface area contributed by atoms with E-state index in [1.165, 1.54) is 19.3 Å². The SMILES string of the molecule is CN(C(=O)OC(C)(C)C)C1CCC(CCCCO)CC1. The van der Waals surface area contributed by atoms with E-state index in [1.54, 1.807) is 4.90 Å². The van der Waals surface area contributed by atoms with E-state index in [-0.39, 0.29) is 6.09 Å². The van der Waals surface area contributed by atoms with Crippen molar-refractivity contribution in [3.8, 4) is 0 Å². The summed E-state index contributed by atoms with van der Waals surface area (Å²) in [7, 11) is 1.85. The molecule has 118 valence electrons. The van der Waals surface area contributed by atoms with E-state index >= 15 is 0 Å². The monoisotopic (exact) mass is 285 g/mol. The Kier molecular flexibility index (Phi) is 6.80. The predicted molar refractivity (Wildman–Crippen MR) is 80.7 cm³/mol. The number of aliphatic hydroxyl groups is 1. The molecule has 0 spiro atoms. The molecule has 0 saturated heterocycles.